The van der Waals surface area contributed by atoms with Crippen molar-refractivity contribution in [3.63, 3.8) is 0 Å². The van der Waals surface area contributed by atoms with Crippen LogP contribution < -0.4 is 0 Å². The van der Waals surface area contributed by atoms with Crippen molar-refractivity contribution in [2.75, 3.05) is 13.2 Å². The molecule has 1 aromatic rings. The van der Waals surface area contributed by atoms with Crippen molar-refractivity contribution in [2.24, 2.45) is 0 Å². The molecule has 5 nitrogen and oxygen atoms in total. The van der Waals surface area contributed by atoms with Gasteiger partial charge < -0.3 is 4.74 Å². The van der Waals surface area contributed by atoms with Crippen LogP contribution in [-0.2, 0) is 19.6 Å². The summed E-state index contributed by atoms with van der Waals surface area (Å²) in [6.45, 7) is 1.74. The number of sulfonamides is 1. The maximum absolute atomic E-state index is 12.6. The molecule has 0 bridgehead atoms. The Kier molecular flexibility index (Phi) is 5.03. The second-order valence-corrected chi connectivity index (χ2v) is 7.68. The van der Waals surface area contributed by atoms with Crippen LogP contribution in [0.25, 0.3) is 0 Å². The highest BCUT2D eigenvalue weighted by Crippen LogP contribution is 2.32. The normalized spacial score (nSPS) is 15.3. The Balaban J connectivity index is 2.23. The Morgan fingerprint density at radius 3 is 2.45 bits per heavy atom. The van der Waals surface area contributed by atoms with E-state index < -0.39 is 16.0 Å². The minimum atomic E-state index is -3.64. The van der Waals surface area contributed by atoms with Crippen LogP contribution in [0.1, 0.15) is 19.8 Å². The first-order chi connectivity index (χ1) is 9.45. The molecule has 0 unspecified atom stereocenters. The molecule has 0 radical (unpaired) electrons. The highest BCUT2D eigenvalue weighted by Gasteiger charge is 2.39. The highest BCUT2D eigenvalue weighted by atomic mass is 127. The van der Waals surface area contributed by atoms with E-state index in [1.165, 1.54) is 4.31 Å². The third-order valence-electron chi connectivity index (χ3n) is 2.96. The largest absolute Gasteiger partial charge is 0.465 e. The summed E-state index contributed by atoms with van der Waals surface area (Å²) in [6, 6.07) is 6.53. The molecule has 0 N–H and O–H groups in total. The van der Waals surface area contributed by atoms with E-state index in [9.17, 15) is 13.2 Å². The van der Waals surface area contributed by atoms with E-state index in [0.717, 1.165) is 16.4 Å². The van der Waals surface area contributed by atoms with Crippen molar-refractivity contribution in [2.45, 2.75) is 30.7 Å². The average molecular weight is 409 g/mol. The molecule has 110 valence electrons. The maximum Gasteiger partial charge on any atom is 0.321 e. The SMILES string of the molecule is CCOC(=O)CN(C1CC1)S(=O)(=O)c1ccc(I)cc1. The average Bonchev–Trinajstić information content (AvgIpc) is 3.21. The molecule has 0 aromatic heterocycles. The Bertz CT molecular complexity index is 581. The maximum atomic E-state index is 12.6. The molecule has 2 rings (SSSR count). The quantitative estimate of drug-likeness (QED) is 0.533. The molecule has 20 heavy (non-hydrogen) atoms. The number of carbonyl (C=O) groups is 1. The molecule has 0 saturated heterocycles. The minimum absolute atomic E-state index is 0.0799. The zero-order valence-electron chi connectivity index (χ0n) is 11.1. The van der Waals surface area contributed by atoms with E-state index in [4.69, 9.17) is 4.74 Å². The standard InChI is InChI=1S/C13H16INO4S/c1-2-19-13(16)9-15(11-5-6-11)20(17,18)12-7-3-10(14)4-8-12/h3-4,7-8,11H,2,5-6,9H2,1H3. The van der Waals surface area contributed by atoms with Gasteiger partial charge in [0.15, 0.2) is 0 Å². The van der Waals surface area contributed by atoms with Gasteiger partial charge in [0.1, 0.15) is 6.54 Å². The van der Waals surface area contributed by atoms with Crippen molar-refractivity contribution in [3.05, 3.63) is 27.8 Å². The van der Waals surface area contributed by atoms with E-state index in [2.05, 4.69) is 22.6 Å². The molecular formula is C13H16INO4S. The van der Waals surface area contributed by atoms with Crippen LogP contribution in [0.4, 0.5) is 0 Å². The summed E-state index contributed by atoms with van der Waals surface area (Å²) < 4.78 is 32.2. The summed E-state index contributed by atoms with van der Waals surface area (Å²) in [5.41, 5.74) is 0. The van der Waals surface area contributed by atoms with Gasteiger partial charge in [0.25, 0.3) is 0 Å². The number of hydrogen-bond acceptors (Lipinski definition) is 4. The smallest absolute Gasteiger partial charge is 0.321 e. The third kappa shape index (κ3) is 3.70. The lowest BCUT2D eigenvalue weighted by Gasteiger charge is -2.20. The van der Waals surface area contributed by atoms with Gasteiger partial charge in [-0.25, -0.2) is 8.42 Å². The number of halogens is 1. The lowest BCUT2D eigenvalue weighted by atomic mass is 10.4. The number of esters is 1. The van der Waals surface area contributed by atoms with Crippen molar-refractivity contribution in [1.82, 2.24) is 4.31 Å². The lowest BCUT2D eigenvalue weighted by molar-refractivity contribution is -0.143. The van der Waals surface area contributed by atoms with Crippen LogP contribution in [-0.4, -0.2) is 37.9 Å². The second kappa shape index (κ2) is 6.40. The van der Waals surface area contributed by atoms with E-state index in [-0.39, 0.29) is 24.1 Å². The topological polar surface area (TPSA) is 63.7 Å². The Morgan fingerprint density at radius 2 is 1.95 bits per heavy atom. The number of carbonyl (C=O) groups excluding carboxylic acids is 1. The van der Waals surface area contributed by atoms with Gasteiger partial charge in [-0.05, 0) is 66.6 Å². The predicted molar refractivity (Wildman–Crippen MR) is 82.7 cm³/mol. The molecule has 1 saturated carbocycles. The van der Waals surface area contributed by atoms with Gasteiger partial charge in [-0.3, -0.25) is 4.79 Å². The summed E-state index contributed by atoms with van der Waals surface area (Å²) in [5, 5.41) is 0. The van der Waals surface area contributed by atoms with Gasteiger partial charge in [0, 0.05) is 9.61 Å². The highest BCUT2D eigenvalue weighted by molar-refractivity contribution is 14.1. The van der Waals surface area contributed by atoms with Crippen molar-refractivity contribution in [1.29, 1.82) is 0 Å². The zero-order chi connectivity index (χ0) is 14.8. The lowest BCUT2D eigenvalue weighted by Crippen LogP contribution is -2.38. The first-order valence-corrected chi connectivity index (χ1v) is 8.90. The molecule has 1 aliphatic rings. The Morgan fingerprint density at radius 1 is 1.35 bits per heavy atom. The van der Waals surface area contributed by atoms with Crippen molar-refractivity contribution >= 4 is 38.6 Å². The summed E-state index contributed by atoms with van der Waals surface area (Å²) >= 11 is 2.12. The molecule has 1 fully saturated rings. The Labute approximate surface area is 132 Å². The fourth-order valence-electron chi connectivity index (χ4n) is 1.85. The van der Waals surface area contributed by atoms with E-state index in [1.807, 2.05) is 0 Å². The fourth-order valence-corrected chi connectivity index (χ4v) is 3.84. The third-order valence-corrected chi connectivity index (χ3v) is 5.60. The molecule has 0 amide bonds. The number of nitrogens with zero attached hydrogens (tertiary/aromatic N) is 1. The van der Waals surface area contributed by atoms with Crippen molar-refractivity contribution in [3.8, 4) is 0 Å². The molecule has 1 aliphatic carbocycles. The Hall–Kier alpha value is -0.670. The van der Waals surface area contributed by atoms with Crippen LogP contribution in [0.5, 0.6) is 0 Å². The van der Waals surface area contributed by atoms with Gasteiger partial charge in [0.2, 0.25) is 10.0 Å². The predicted octanol–water partition coefficient (Wildman–Crippen LogP) is 2.01. The zero-order valence-corrected chi connectivity index (χ0v) is 14.1. The molecular weight excluding hydrogens is 393 g/mol. The summed E-state index contributed by atoms with van der Waals surface area (Å²) in [4.78, 5) is 11.8. The molecule has 1 aromatic carbocycles. The van der Waals surface area contributed by atoms with Gasteiger partial charge in [0.05, 0.1) is 11.5 Å². The molecule has 0 spiro atoms. The van der Waals surface area contributed by atoms with E-state index in [1.54, 1.807) is 31.2 Å². The van der Waals surface area contributed by atoms with E-state index >= 15 is 0 Å². The van der Waals surface area contributed by atoms with Crippen LogP contribution in [0, 0.1) is 3.57 Å². The molecule has 0 heterocycles. The fraction of sp³-hybridized carbons (Fsp3) is 0.462. The van der Waals surface area contributed by atoms with E-state index in [0.29, 0.717) is 0 Å². The van der Waals surface area contributed by atoms with Gasteiger partial charge >= 0.3 is 5.97 Å². The summed E-state index contributed by atoms with van der Waals surface area (Å²) in [5.74, 6) is -0.506. The van der Waals surface area contributed by atoms with Gasteiger partial charge in [-0.15, -0.1) is 0 Å². The number of benzene rings is 1. The van der Waals surface area contributed by atoms with Crippen molar-refractivity contribution < 1.29 is 17.9 Å². The first kappa shape index (κ1) is 15.7. The summed E-state index contributed by atoms with van der Waals surface area (Å²) in [7, 11) is -3.64. The van der Waals surface area contributed by atoms with Crippen LogP contribution in [0.3, 0.4) is 0 Å². The second-order valence-electron chi connectivity index (χ2n) is 4.54. The number of rotatable bonds is 6. The molecule has 0 atom stereocenters. The number of hydrogen-bond donors (Lipinski definition) is 0. The molecule has 7 heteroatoms. The van der Waals surface area contributed by atoms with Crippen LogP contribution in [0.15, 0.2) is 29.2 Å². The minimum Gasteiger partial charge on any atom is -0.465 e. The monoisotopic (exact) mass is 409 g/mol. The summed E-state index contributed by atoms with van der Waals surface area (Å²) in [6.07, 6.45) is 1.59. The van der Waals surface area contributed by atoms with Crippen LogP contribution in [0.2, 0.25) is 0 Å². The number of ether oxygens (including phenoxy) is 1. The van der Waals surface area contributed by atoms with Crippen LogP contribution >= 0.6 is 22.6 Å². The molecule has 0 aliphatic heterocycles. The van der Waals surface area contributed by atoms with Gasteiger partial charge in [-0.2, -0.15) is 4.31 Å². The first-order valence-electron chi connectivity index (χ1n) is 6.38. The van der Waals surface area contributed by atoms with Gasteiger partial charge in [-0.1, -0.05) is 0 Å².